The summed E-state index contributed by atoms with van der Waals surface area (Å²) < 4.78 is 2.36. The average Bonchev–Trinajstić information content (AvgIpc) is 2.77. The molecule has 0 atom stereocenters. The molecule has 2 aromatic rings. The van der Waals surface area contributed by atoms with Crippen molar-refractivity contribution in [2.24, 2.45) is 0 Å². The number of nitrogens with zero attached hydrogens (tertiary/aromatic N) is 5. The van der Waals surface area contributed by atoms with Gasteiger partial charge in [0.25, 0.3) is 0 Å². The lowest BCUT2D eigenvalue weighted by atomic mass is 10.2. The standard InChI is InChI=1S/C13H16BrN5O/c1-9-6-16-11(8-15-9)13(20)12-10(14)7-17-19(12)5-4-18(2)3/h6-8H,4-5H2,1-3H3. The van der Waals surface area contributed by atoms with Crippen LogP contribution in [-0.4, -0.2) is 51.1 Å². The third-order valence-electron chi connectivity index (χ3n) is 2.78. The van der Waals surface area contributed by atoms with Crippen LogP contribution in [0.3, 0.4) is 0 Å². The summed E-state index contributed by atoms with van der Waals surface area (Å²) in [4.78, 5) is 22.8. The highest BCUT2D eigenvalue weighted by Crippen LogP contribution is 2.19. The molecule has 0 saturated heterocycles. The van der Waals surface area contributed by atoms with E-state index in [9.17, 15) is 4.79 Å². The van der Waals surface area contributed by atoms with Gasteiger partial charge in [-0.25, -0.2) is 4.98 Å². The van der Waals surface area contributed by atoms with E-state index in [2.05, 4.69) is 31.0 Å². The fourth-order valence-corrected chi connectivity index (χ4v) is 2.16. The van der Waals surface area contributed by atoms with Gasteiger partial charge >= 0.3 is 0 Å². The normalized spacial score (nSPS) is 11.1. The molecule has 0 bridgehead atoms. The highest BCUT2D eigenvalue weighted by Gasteiger charge is 2.20. The molecule has 0 aromatic carbocycles. The quantitative estimate of drug-likeness (QED) is 0.774. The Kier molecular flexibility index (Phi) is 4.61. The summed E-state index contributed by atoms with van der Waals surface area (Å²) in [6.07, 6.45) is 4.71. The minimum Gasteiger partial charge on any atom is -0.308 e. The second-order valence-electron chi connectivity index (χ2n) is 4.74. The van der Waals surface area contributed by atoms with Crippen LogP contribution in [0, 0.1) is 6.92 Å². The second-order valence-corrected chi connectivity index (χ2v) is 5.59. The van der Waals surface area contributed by atoms with E-state index in [-0.39, 0.29) is 5.78 Å². The third kappa shape index (κ3) is 3.29. The van der Waals surface area contributed by atoms with Crippen LogP contribution in [0.2, 0.25) is 0 Å². The maximum absolute atomic E-state index is 12.5. The van der Waals surface area contributed by atoms with Crippen molar-refractivity contribution < 1.29 is 4.79 Å². The van der Waals surface area contributed by atoms with E-state index in [1.807, 2.05) is 25.9 Å². The zero-order chi connectivity index (χ0) is 14.7. The van der Waals surface area contributed by atoms with Gasteiger partial charge in [-0.2, -0.15) is 5.10 Å². The molecule has 0 fully saturated rings. The molecular formula is C13H16BrN5O. The first-order chi connectivity index (χ1) is 9.49. The summed E-state index contributed by atoms with van der Waals surface area (Å²) in [5.74, 6) is -0.180. The number of carbonyl (C=O) groups is 1. The lowest BCUT2D eigenvalue weighted by Crippen LogP contribution is -2.22. The molecule has 0 aliphatic rings. The van der Waals surface area contributed by atoms with Crippen molar-refractivity contribution in [1.29, 1.82) is 0 Å². The number of ketones is 1. The first-order valence-electron chi connectivity index (χ1n) is 6.18. The van der Waals surface area contributed by atoms with Gasteiger partial charge < -0.3 is 4.90 Å². The Morgan fingerprint density at radius 2 is 2.05 bits per heavy atom. The van der Waals surface area contributed by atoms with E-state index in [1.54, 1.807) is 17.1 Å². The van der Waals surface area contributed by atoms with E-state index in [0.29, 0.717) is 22.4 Å². The first-order valence-corrected chi connectivity index (χ1v) is 6.97. The van der Waals surface area contributed by atoms with Crippen molar-refractivity contribution in [1.82, 2.24) is 24.6 Å². The fourth-order valence-electron chi connectivity index (χ4n) is 1.68. The van der Waals surface area contributed by atoms with E-state index < -0.39 is 0 Å². The Bertz CT molecular complexity index is 606. The molecule has 2 heterocycles. The zero-order valence-corrected chi connectivity index (χ0v) is 13.3. The predicted octanol–water partition coefficient (Wildman–Crippen LogP) is 1.54. The van der Waals surface area contributed by atoms with Crippen LogP contribution in [0.1, 0.15) is 21.9 Å². The summed E-state index contributed by atoms with van der Waals surface area (Å²) in [6.45, 7) is 3.27. The van der Waals surface area contributed by atoms with Crippen molar-refractivity contribution in [3.8, 4) is 0 Å². The SMILES string of the molecule is Cc1cnc(C(=O)c2c(Br)cnn2CCN(C)C)cn1. The van der Waals surface area contributed by atoms with E-state index in [0.717, 1.165) is 12.2 Å². The summed E-state index contributed by atoms with van der Waals surface area (Å²) in [6, 6.07) is 0. The summed E-state index contributed by atoms with van der Waals surface area (Å²) in [5.41, 5.74) is 1.61. The molecule has 6 nitrogen and oxygen atoms in total. The molecule has 2 aromatic heterocycles. The number of aryl methyl sites for hydroxylation is 1. The van der Waals surface area contributed by atoms with Gasteiger partial charge in [-0.3, -0.25) is 14.5 Å². The first kappa shape index (κ1) is 14.8. The topological polar surface area (TPSA) is 63.9 Å². The number of hydrogen-bond donors (Lipinski definition) is 0. The van der Waals surface area contributed by atoms with Crippen molar-refractivity contribution in [2.45, 2.75) is 13.5 Å². The fraction of sp³-hybridized carbons (Fsp3) is 0.385. The van der Waals surface area contributed by atoms with Gasteiger partial charge in [0.2, 0.25) is 5.78 Å². The number of hydrogen-bond acceptors (Lipinski definition) is 5. The number of carbonyl (C=O) groups excluding carboxylic acids is 1. The Morgan fingerprint density at radius 1 is 1.30 bits per heavy atom. The monoisotopic (exact) mass is 337 g/mol. The van der Waals surface area contributed by atoms with E-state index in [4.69, 9.17) is 0 Å². The molecule has 0 aliphatic heterocycles. The minimum atomic E-state index is -0.180. The lowest BCUT2D eigenvalue weighted by Gasteiger charge is -2.11. The van der Waals surface area contributed by atoms with Gasteiger partial charge in [-0.1, -0.05) is 0 Å². The Morgan fingerprint density at radius 3 is 2.65 bits per heavy atom. The van der Waals surface area contributed by atoms with Gasteiger partial charge in [-0.15, -0.1) is 0 Å². The highest BCUT2D eigenvalue weighted by atomic mass is 79.9. The minimum absolute atomic E-state index is 0.180. The van der Waals surface area contributed by atoms with Crippen molar-refractivity contribution >= 4 is 21.7 Å². The van der Waals surface area contributed by atoms with E-state index >= 15 is 0 Å². The van der Waals surface area contributed by atoms with Gasteiger partial charge in [0, 0.05) is 12.7 Å². The Labute approximate surface area is 126 Å². The molecule has 0 N–H and O–H groups in total. The molecule has 0 unspecified atom stereocenters. The summed E-state index contributed by atoms with van der Waals surface area (Å²) in [7, 11) is 3.96. The van der Waals surface area contributed by atoms with Crippen molar-refractivity contribution in [3.05, 3.63) is 40.1 Å². The molecule has 7 heteroatoms. The van der Waals surface area contributed by atoms with Crippen LogP contribution in [-0.2, 0) is 6.54 Å². The molecule has 0 saturated carbocycles. The van der Waals surface area contributed by atoms with Crippen LogP contribution in [0.5, 0.6) is 0 Å². The predicted molar refractivity (Wildman–Crippen MR) is 78.7 cm³/mol. The second kappa shape index (κ2) is 6.23. The molecular weight excluding hydrogens is 322 g/mol. The van der Waals surface area contributed by atoms with Gasteiger partial charge in [-0.05, 0) is 36.9 Å². The highest BCUT2D eigenvalue weighted by molar-refractivity contribution is 9.10. The number of aromatic nitrogens is 4. The molecule has 0 radical (unpaired) electrons. The van der Waals surface area contributed by atoms with Crippen molar-refractivity contribution in [2.75, 3.05) is 20.6 Å². The van der Waals surface area contributed by atoms with Crippen LogP contribution in [0.4, 0.5) is 0 Å². The number of rotatable bonds is 5. The zero-order valence-electron chi connectivity index (χ0n) is 11.7. The van der Waals surface area contributed by atoms with Crippen LogP contribution in [0.25, 0.3) is 0 Å². The average molecular weight is 338 g/mol. The van der Waals surface area contributed by atoms with Crippen LogP contribution in [0.15, 0.2) is 23.1 Å². The summed E-state index contributed by atoms with van der Waals surface area (Å²) >= 11 is 3.37. The van der Waals surface area contributed by atoms with E-state index in [1.165, 1.54) is 6.20 Å². The smallest absolute Gasteiger partial charge is 0.232 e. The van der Waals surface area contributed by atoms with Gasteiger partial charge in [0.05, 0.1) is 29.1 Å². The molecule has 0 aliphatic carbocycles. The lowest BCUT2D eigenvalue weighted by molar-refractivity contribution is 0.102. The summed E-state index contributed by atoms with van der Waals surface area (Å²) in [5, 5.41) is 4.23. The molecule has 106 valence electrons. The molecule has 0 spiro atoms. The third-order valence-corrected chi connectivity index (χ3v) is 3.36. The Balaban J connectivity index is 2.29. The van der Waals surface area contributed by atoms with Crippen LogP contribution >= 0.6 is 15.9 Å². The van der Waals surface area contributed by atoms with Gasteiger partial charge in [0.1, 0.15) is 11.4 Å². The molecule has 0 amide bonds. The maximum Gasteiger partial charge on any atom is 0.232 e. The number of likely N-dealkylation sites (N-methyl/N-ethyl adjacent to an activating group) is 1. The van der Waals surface area contributed by atoms with Crippen molar-refractivity contribution in [3.63, 3.8) is 0 Å². The van der Waals surface area contributed by atoms with Gasteiger partial charge in [0.15, 0.2) is 0 Å². The largest absolute Gasteiger partial charge is 0.308 e. The number of halogens is 1. The molecule has 2 rings (SSSR count). The Hall–Kier alpha value is -1.60. The van der Waals surface area contributed by atoms with Crippen LogP contribution < -0.4 is 0 Å². The maximum atomic E-state index is 12.5. The molecule has 20 heavy (non-hydrogen) atoms.